The number of aromatic nitrogens is 1. The lowest BCUT2D eigenvalue weighted by molar-refractivity contribution is 0.170. The Kier molecular flexibility index (Phi) is 4.96. The third-order valence-electron chi connectivity index (χ3n) is 2.90. The predicted octanol–water partition coefficient (Wildman–Crippen LogP) is 2.06. The Morgan fingerprint density at radius 3 is 2.89 bits per heavy atom. The van der Waals surface area contributed by atoms with E-state index in [1.807, 2.05) is 13.0 Å². The van der Waals surface area contributed by atoms with Crippen molar-refractivity contribution in [3.05, 3.63) is 23.4 Å². The predicted molar refractivity (Wildman–Crippen MR) is 70.8 cm³/mol. The number of methoxy groups -OCH3 is 1. The van der Waals surface area contributed by atoms with Gasteiger partial charge in [-0.25, -0.2) is 4.98 Å². The molecule has 1 fully saturated rings. The lowest BCUT2D eigenvalue weighted by Crippen LogP contribution is -2.15. The maximum Gasteiger partial charge on any atom is 0.213 e. The Hall–Kier alpha value is -1.13. The summed E-state index contributed by atoms with van der Waals surface area (Å²) in [5.41, 5.74) is 2.25. The summed E-state index contributed by atoms with van der Waals surface area (Å²) in [7, 11) is 1.70. The van der Waals surface area contributed by atoms with Crippen molar-refractivity contribution in [1.29, 1.82) is 0 Å². The van der Waals surface area contributed by atoms with Gasteiger partial charge in [-0.05, 0) is 31.4 Å². The summed E-state index contributed by atoms with van der Waals surface area (Å²) in [6.07, 6.45) is 3.51. The molecule has 4 nitrogen and oxygen atoms in total. The first kappa shape index (κ1) is 13.3. The fraction of sp³-hybridized carbons (Fsp3) is 0.643. The van der Waals surface area contributed by atoms with Gasteiger partial charge in [0.2, 0.25) is 5.88 Å². The molecule has 0 aromatic carbocycles. The van der Waals surface area contributed by atoms with E-state index in [2.05, 4.69) is 16.4 Å². The molecule has 1 aromatic rings. The Morgan fingerprint density at radius 2 is 2.17 bits per heavy atom. The molecule has 1 aliphatic carbocycles. The minimum absolute atomic E-state index is 0.653. The van der Waals surface area contributed by atoms with Gasteiger partial charge in [0, 0.05) is 44.5 Å². The van der Waals surface area contributed by atoms with Crippen molar-refractivity contribution in [2.24, 2.45) is 0 Å². The molecule has 0 amide bonds. The number of hydrogen-bond donors (Lipinski definition) is 1. The molecular formula is C14H22N2O2. The molecule has 0 aliphatic heterocycles. The van der Waals surface area contributed by atoms with Crippen LogP contribution in [0.15, 0.2) is 12.1 Å². The second-order valence-corrected chi connectivity index (χ2v) is 4.81. The molecule has 0 spiro atoms. The number of hydrogen-bond acceptors (Lipinski definition) is 4. The Balaban J connectivity index is 1.84. The van der Waals surface area contributed by atoms with E-state index < -0.39 is 0 Å². The summed E-state index contributed by atoms with van der Waals surface area (Å²) in [5.74, 6) is 0.721. The first-order chi connectivity index (χ1) is 8.78. The first-order valence-corrected chi connectivity index (χ1v) is 6.60. The standard InChI is InChI=1S/C14H22N2O2/c1-11-8-12(10-15-13-4-5-13)9-14(16-11)18-7-3-6-17-2/h8-9,13,15H,3-7,10H2,1-2H3. The second-order valence-electron chi connectivity index (χ2n) is 4.81. The van der Waals surface area contributed by atoms with Crippen molar-refractivity contribution in [2.45, 2.75) is 38.8 Å². The molecule has 1 saturated carbocycles. The van der Waals surface area contributed by atoms with Gasteiger partial charge >= 0.3 is 0 Å². The minimum atomic E-state index is 0.653. The quantitative estimate of drug-likeness (QED) is 0.717. The lowest BCUT2D eigenvalue weighted by Gasteiger charge is -2.09. The van der Waals surface area contributed by atoms with Gasteiger partial charge in [-0.15, -0.1) is 0 Å². The van der Waals surface area contributed by atoms with Crippen molar-refractivity contribution in [2.75, 3.05) is 20.3 Å². The summed E-state index contributed by atoms with van der Waals surface area (Å²) in [6, 6.07) is 4.86. The van der Waals surface area contributed by atoms with Crippen LogP contribution < -0.4 is 10.1 Å². The van der Waals surface area contributed by atoms with Crippen LogP contribution >= 0.6 is 0 Å². The molecule has 1 aromatic heterocycles. The van der Waals surface area contributed by atoms with E-state index >= 15 is 0 Å². The largest absolute Gasteiger partial charge is 0.478 e. The highest BCUT2D eigenvalue weighted by Crippen LogP contribution is 2.20. The fourth-order valence-corrected chi connectivity index (χ4v) is 1.81. The number of nitrogens with zero attached hydrogens (tertiary/aromatic N) is 1. The van der Waals surface area contributed by atoms with Crippen LogP contribution in [0.4, 0.5) is 0 Å². The van der Waals surface area contributed by atoms with Crippen LogP contribution in [0.25, 0.3) is 0 Å². The molecule has 1 aliphatic rings. The van der Waals surface area contributed by atoms with Crippen molar-refractivity contribution in [3.8, 4) is 5.88 Å². The maximum absolute atomic E-state index is 5.63. The number of nitrogens with one attached hydrogen (secondary N) is 1. The average Bonchev–Trinajstić information content (AvgIpc) is 3.16. The number of pyridine rings is 1. The third-order valence-corrected chi connectivity index (χ3v) is 2.90. The highest BCUT2D eigenvalue weighted by atomic mass is 16.5. The summed E-state index contributed by atoms with van der Waals surface area (Å²) < 4.78 is 10.6. The topological polar surface area (TPSA) is 43.4 Å². The summed E-state index contributed by atoms with van der Waals surface area (Å²) in [4.78, 5) is 4.38. The molecule has 0 unspecified atom stereocenters. The Morgan fingerprint density at radius 1 is 1.33 bits per heavy atom. The molecule has 0 bridgehead atoms. The van der Waals surface area contributed by atoms with Crippen molar-refractivity contribution in [1.82, 2.24) is 10.3 Å². The van der Waals surface area contributed by atoms with Crippen LogP contribution in [0.2, 0.25) is 0 Å². The van der Waals surface area contributed by atoms with Crippen LogP contribution in [0.5, 0.6) is 5.88 Å². The molecule has 100 valence electrons. The summed E-state index contributed by atoms with van der Waals surface area (Å²) in [5, 5.41) is 3.50. The van der Waals surface area contributed by atoms with Gasteiger partial charge in [0.05, 0.1) is 6.61 Å². The summed E-state index contributed by atoms with van der Waals surface area (Å²) >= 11 is 0. The molecule has 4 heteroatoms. The van der Waals surface area contributed by atoms with E-state index in [0.29, 0.717) is 6.61 Å². The van der Waals surface area contributed by atoms with Crippen LogP contribution in [0.1, 0.15) is 30.5 Å². The van der Waals surface area contributed by atoms with E-state index in [4.69, 9.17) is 9.47 Å². The lowest BCUT2D eigenvalue weighted by atomic mass is 10.2. The average molecular weight is 250 g/mol. The summed E-state index contributed by atoms with van der Waals surface area (Å²) in [6.45, 7) is 4.28. The zero-order valence-electron chi connectivity index (χ0n) is 11.2. The zero-order chi connectivity index (χ0) is 12.8. The van der Waals surface area contributed by atoms with E-state index in [1.165, 1.54) is 18.4 Å². The van der Waals surface area contributed by atoms with Crippen LogP contribution in [0, 0.1) is 6.92 Å². The van der Waals surface area contributed by atoms with Crippen molar-refractivity contribution < 1.29 is 9.47 Å². The first-order valence-electron chi connectivity index (χ1n) is 6.60. The van der Waals surface area contributed by atoms with Crippen LogP contribution in [-0.2, 0) is 11.3 Å². The Labute approximate surface area is 109 Å². The van der Waals surface area contributed by atoms with Crippen LogP contribution in [-0.4, -0.2) is 31.3 Å². The number of ether oxygens (including phenoxy) is 2. The van der Waals surface area contributed by atoms with Gasteiger partial charge in [-0.1, -0.05) is 0 Å². The van der Waals surface area contributed by atoms with Gasteiger partial charge in [-0.3, -0.25) is 0 Å². The smallest absolute Gasteiger partial charge is 0.213 e. The van der Waals surface area contributed by atoms with Gasteiger partial charge in [0.25, 0.3) is 0 Å². The molecule has 1 N–H and O–H groups in total. The van der Waals surface area contributed by atoms with Crippen LogP contribution in [0.3, 0.4) is 0 Å². The highest BCUT2D eigenvalue weighted by Gasteiger charge is 2.20. The fourth-order valence-electron chi connectivity index (χ4n) is 1.81. The van der Waals surface area contributed by atoms with Gasteiger partial charge < -0.3 is 14.8 Å². The highest BCUT2D eigenvalue weighted by molar-refractivity contribution is 5.24. The second kappa shape index (κ2) is 6.71. The van der Waals surface area contributed by atoms with E-state index in [9.17, 15) is 0 Å². The third kappa shape index (κ3) is 4.63. The van der Waals surface area contributed by atoms with E-state index in [1.54, 1.807) is 7.11 Å². The molecule has 2 rings (SSSR count). The molecule has 0 atom stereocenters. The van der Waals surface area contributed by atoms with Gasteiger partial charge in [0.1, 0.15) is 0 Å². The number of rotatable bonds is 8. The molecule has 0 radical (unpaired) electrons. The Bertz CT molecular complexity index is 378. The zero-order valence-corrected chi connectivity index (χ0v) is 11.2. The van der Waals surface area contributed by atoms with E-state index in [-0.39, 0.29) is 0 Å². The SMILES string of the molecule is COCCCOc1cc(CNC2CC2)cc(C)n1. The monoisotopic (exact) mass is 250 g/mol. The van der Waals surface area contributed by atoms with Crippen molar-refractivity contribution >= 4 is 0 Å². The van der Waals surface area contributed by atoms with Gasteiger partial charge in [0.15, 0.2) is 0 Å². The minimum Gasteiger partial charge on any atom is -0.478 e. The molecule has 0 saturated heterocycles. The van der Waals surface area contributed by atoms with E-state index in [0.717, 1.165) is 37.2 Å². The van der Waals surface area contributed by atoms with Crippen molar-refractivity contribution in [3.63, 3.8) is 0 Å². The normalized spacial score (nSPS) is 14.8. The molecule has 18 heavy (non-hydrogen) atoms. The van der Waals surface area contributed by atoms with Gasteiger partial charge in [-0.2, -0.15) is 0 Å². The molecular weight excluding hydrogens is 228 g/mol. The number of aryl methyl sites for hydroxylation is 1. The maximum atomic E-state index is 5.63. The molecule has 1 heterocycles.